The van der Waals surface area contributed by atoms with Crippen molar-refractivity contribution >= 4 is 5.97 Å². The van der Waals surface area contributed by atoms with E-state index in [2.05, 4.69) is 0 Å². The van der Waals surface area contributed by atoms with E-state index in [0.29, 0.717) is 0 Å². The summed E-state index contributed by atoms with van der Waals surface area (Å²) in [4.78, 5) is 11.8. The van der Waals surface area contributed by atoms with E-state index >= 15 is 0 Å². The van der Waals surface area contributed by atoms with Crippen molar-refractivity contribution in [2.75, 3.05) is 7.11 Å². The van der Waals surface area contributed by atoms with E-state index in [9.17, 15) is 25.2 Å². The molecule has 0 aromatic heterocycles. The molecule has 1 heterocycles. The van der Waals surface area contributed by atoms with Gasteiger partial charge in [0.05, 0.1) is 13.5 Å². The van der Waals surface area contributed by atoms with Crippen LogP contribution in [0.2, 0.25) is 0 Å². The minimum atomic E-state index is -0.733. The highest BCUT2D eigenvalue weighted by Gasteiger charge is 2.34. The quantitative estimate of drug-likeness (QED) is 0.380. The SMILES string of the molecule is COc1ccc(C2CC(=O)Oc3cc(O)cc(O)c32)c(O)c1O. The van der Waals surface area contributed by atoms with Crippen LogP contribution in [0.4, 0.5) is 0 Å². The molecule has 0 bridgehead atoms. The molecular weight excluding hydrogens is 304 g/mol. The van der Waals surface area contributed by atoms with Gasteiger partial charge >= 0.3 is 5.97 Å². The first kappa shape index (κ1) is 14.8. The van der Waals surface area contributed by atoms with Crippen LogP contribution in [0.25, 0.3) is 0 Å². The van der Waals surface area contributed by atoms with Crippen molar-refractivity contribution in [2.45, 2.75) is 12.3 Å². The number of carbonyl (C=O) groups excluding carboxylic acids is 1. The number of aromatic hydroxyl groups is 4. The highest BCUT2D eigenvalue weighted by atomic mass is 16.5. The maximum absolute atomic E-state index is 11.8. The van der Waals surface area contributed by atoms with Gasteiger partial charge in [-0.15, -0.1) is 0 Å². The van der Waals surface area contributed by atoms with E-state index in [1.807, 2.05) is 0 Å². The number of ether oxygens (including phenoxy) is 2. The molecule has 0 amide bonds. The Kier molecular flexibility index (Phi) is 3.40. The Morgan fingerprint density at radius 3 is 2.57 bits per heavy atom. The Morgan fingerprint density at radius 2 is 1.87 bits per heavy atom. The Morgan fingerprint density at radius 1 is 1.13 bits per heavy atom. The minimum absolute atomic E-state index is 0.0125. The van der Waals surface area contributed by atoms with Gasteiger partial charge in [0, 0.05) is 29.2 Å². The molecule has 0 spiro atoms. The molecule has 0 aliphatic carbocycles. The van der Waals surface area contributed by atoms with Gasteiger partial charge in [-0.3, -0.25) is 4.79 Å². The number of carbonyl (C=O) groups is 1. The molecule has 0 saturated heterocycles. The first-order chi connectivity index (χ1) is 10.9. The summed E-state index contributed by atoms with van der Waals surface area (Å²) in [6.45, 7) is 0. The summed E-state index contributed by atoms with van der Waals surface area (Å²) in [7, 11) is 1.34. The van der Waals surface area contributed by atoms with Crippen LogP contribution < -0.4 is 9.47 Å². The van der Waals surface area contributed by atoms with E-state index < -0.39 is 23.4 Å². The van der Waals surface area contributed by atoms with Gasteiger partial charge in [-0.2, -0.15) is 0 Å². The van der Waals surface area contributed by atoms with Crippen molar-refractivity contribution in [1.29, 1.82) is 0 Å². The van der Waals surface area contributed by atoms with Crippen LogP contribution in [-0.4, -0.2) is 33.5 Å². The zero-order valence-corrected chi connectivity index (χ0v) is 12.1. The summed E-state index contributed by atoms with van der Waals surface area (Å²) in [5.41, 5.74) is 0.490. The summed E-state index contributed by atoms with van der Waals surface area (Å²) < 4.78 is 9.95. The maximum atomic E-state index is 11.8. The van der Waals surface area contributed by atoms with Gasteiger partial charge in [0.1, 0.15) is 17.2 Å². The van der Waals surface area contributed by atoms with Gasteiger partial charge in [-0.05, 0) is 6.07 Å². The number of hydrogen-bond donors (Lipinski definition) is 4. The van der Waals surface area contributed by atoms with Crippen LogP contribution in [0.3, 0.4) is 0 Å². The van der Waals surface area contributed by atoms with Crippen molar-refractivity contribution in [3.8, 4) is 34.5 Å². The maximum Gasteiger partial charge on any atom is 0.312 e. The number of methoxy groups -OCH3 is 1. The molecule has 0 saturated carbocycles. The summed E-state index contributed by atoms with van der Waals surface area (Å²) in [6.07, 6.45) is -0.134. The molecule has 4 N–H and O–H groups in total. The fourth-order valence-electron chi connectivity index (χ4n) is 2.75. The van der Waals surface area contributed by atoms with E-state index in [0.717, 1.165) is 6.07 Å². The zero-order valence-electron chi connectivity index (χ0n) is 12.1. The van der Waals surface area contributed by atoms with E-state index in [1.54, 1.807) is 0 Å². The lowest BCUT2D eigenvalue weighted by Crippen LogP contribution is -2.21. The van der Waals surface area contributed by atoms with E-state index in [1.165, 1.54) is 25.3 Å². The third-order valence-electron chi connectivity index (χ3n) is 3.79. The van der Waals surface area contributed by atoms with E-state index in [4.69, 9.17) is 9.47 Å². The number of esters is 1. The van der Waals surface area contributed by atoms with Crippen LogP contribution in [0.1, 0.15) is 23.5 Å². The van der Waals surface area contributed by atoms with Crippen molar-refractivity contribution in [1.82, 2.24) is 0 Å². The number of rotatable bonds is 2. The molecule has 1 atom stereocenters. The summed E-state index contributed by atoms with van der Waals surface area (Å²) >= 11 is 0. The lowest BCUT2D eigenvalue weighted by atomic mass is 9.85. The highest BCUT2D eigenvalue weighted by molar-refractivity contribution is 5.79. The Labute approximate surface area is 131 Å². The topological polar surface area (TPSA) is 116 Å². The third kappa shape index (κ3) is 2.36. The number of phenols is 4. The molecule has 1 aliphatic heterocycles. The average Bonchev–Trinajstić information content (AvgIpc) is 2.48. The second-order valence-corrected chi connectivity index (χ2v) is 5.16. The normalized spacial score (nSPS) is 16.6. The summed E-state index contributed by atoms with van der Waals surface area (Å²) in [6, 6.07) is 5.26. The smallest absolute Gasteiger partial charge is 0.312 e. The largest absolute Gasteiger partial charge is 0.508 e. The van der Waals surface area contributed by atoms with Crippen LogP contribution in [0.15, 0.2) is 24.3 Å². The molecule has 7 heteroatoms. The van der Waals surface area contributed by atoms with Crippen LogP contribution in [0.5, 0.6) is 34.5 Å². The average molecular weight is 318 g/mol. The molecule has 1 unspecified atom stereocenters. The molecule has 0 radical (unpaired) electrons. The number of phenolic OH excluding ortho intramolecular Hbond substituents is 4. The third-order valence-corrected chi connectivity index (χ3v) is 3.79. The van der Waals surface area contributed by atoms with Crippen molar-refractivity contribution in [3.05, 3.63) is 35.4 Å². The Hall–Kier alpha value is -3.09. The fraction of sp³-hybridized carbons (Fsp3) is 0.188. The minimum Gasteiger partial charge on any atom is -0.508 e. The molecular formula is C16H14O7. The molecule has 3 rings (SSSR count). The molecule has 1 aliphatic rings. The van der Waals surface area contributed by atoms with Gasteiger partial charge < -0.3 is 29.9 Å². The van der Waals surface area contributed by atoms with Gasteiger partial charge in [-0.25, -0.2) is 0 Å². The molecule has 120 valence electrons. The van der Waals surface area contributed by atoms with Crippen LogP contribution in [-0.2, 0) is 4.79 Å². The molecule has 7 nitrogen and oxygen atoms in total. The number of fused-ring (bicyclic) bond motifs is 1. The van der Waals surface area contributed by atoms with Crippen molar-refractivity contribution < 1.29 is 34.7 Å². The molecule has 2 aromatic rings. The van der Waals surface area contributed by atoms with Crippen molar-refractivity contribution in [3.63, 3.8) is 0 Å². The molecule has 23 heavy (non-hydrogen) atoms. The predicted molar refractivity (Wildman–Crippen MR) is 78.2 cm³/mol. The summed E-state index contributed by atoms with van der Waals surface area (Å²) in [5.74, 6) is -2.64. The van der Waals surface area contributed by atoms with Crippen LogP contribution >= 0.6 is 0 Å². The first-order valence-electron chi connectivity index (χ1n) is 6.77. The summed E-state index contributed by atoms with van der Waals surface area (Å²) in [5, 5.41) is 39.8. The lowest BCUT2D eigenvalue weighted by molar-refractivity contribution is -0.135. The van der Waals surface area contributed by atoms with Gasteiger partial charge in [0.15, 0.2) is 11.5 Å². The Bertz CT molecular complexity index is 798. The number of hydrogen-bond acceptors (Lipinski definition) is 7. The van der Waals surface area contributed by atoms with Gasteiger partial charge in [0.2, 0.25) is 5.75 Å². The lowest BCUT2D eigenvalue weighted by Gasteiger charge is -2.26. The monoisotopic (exact) mass is 318 g/mol. The first-order valence-corrected chi connectivity index (χ1v) is 6.77. The van der Waals surface area contributed by atoms with Crippen molar-refractivity contribution in [2.24, 2.45) is 0 Å². The molecule has 0 fully saturated rings. The Balaban J connectivity index is 2.19. The predicted octanol–water partition coefficient (Wildman–Crippen LogP) is 1.96. The fourth-order valence-corrected chi connectivity index (χ4v) is 2.75. The van der Waals surface area contributed by atoms with Crippen LogP contribution in [0, 0.1) is 0 Å². The molecule has 2 aromatic carbocycles. The second kappa shape index (κ2) is 5.28. The zero-order chi connectivity index (χ0) is 16.7. The van der Waals surface area contributed by atoms with Gasteiger partial charge in [0.25, 0.3) is 0 Å². The second-order valence-electron chi connectivity index (χ2n) is 5.16. The number of benzene rings is 2. The van der Waals surface area contributed by atoms with Gasteiger partial charge in [-0.1, -0.05) is 6.07 Å². The van der Waals surface area contributed by atoms with E-state index in [-0.39, 0.29) is 40.5 Å². The highest BCUT2D eigenvalue weighted by Crippen LogP contribution is 2.50. The standard InChI is InChI=1S/C16H14O7/c1-22-11-3-2-8(15(20)16(11)21)9-6-13(19)23-12-5-7(17)4-10(18)14(9)12/h2-5,9,17-18,20-21H,6H2,1H3.